The predicted octanol–water partition coefficient (Wildman–Crippen LogP) is 0.404. The topological polar surface area (TPSA) is 52.5 Å². The number of hydrogen-bond acceptors (Lipinski definition) is 3. The highest BCUT2D eigenvalue weighted by Crippen LogP contribution is 2.44. The third-order valence-electron chi connectivity index (χ3n) is 2.71. The summed E-state index contributed by atoms with van der Waals surface area (Å²) < 4.78 is 0. The van der Waals surface area contributed by atoms with E-state index in [1.165, 1.54) is 0 Å². The molecule has 1 fully saturated rings. The minimum absolute atomic E-state index is 0.00130. The Labute approximate surface area is 79.5 Å². The van der Waals surface area contributed by atoms with E-state index in [1.807, 2.05) is 0 Å². The van der Waals surface area contributed by atoms with E-state index in [0.29, 0.717) is 12.8 Å². The van der Waals surface area contributed by atoms with Gasteiger partial charge in [0.05, 0.1) is 14.5 Å². The van der Waals surface area contributed by atoms with Crippen molar-refractivity contribution in [3.05, 3.63) is 18.4 Å². The van der Waals surface area contributed by atoms with Crippen molar-refractivity contribution >= 4 is 7.85 Å². The molecule has 1 saturated carbocycles. The van der Waals surface area contributed by atoms with Crippen molar-refractivity contribution in [2.75, 3.05) is 6.61 Å². The van der Waals surface area contributed by atoms with Crippen LogP contribution in [0.4, 0.5) is 0 Å². The van der Waals surface area contributed by atoms with E-state index < -0.39 is 5.41 Å². The lowest BCUT2D eigenvalue weighted by Gasteiger charge is -2.28. The first-order valence-corrected chi connectivity index (χ1v) is 4.31. The summed E-state index contributed by atoms with van der Waals surface area (Å²) in [6.07, 6.45) is 2.98. The molecule has 0 amide bonds. The fourth-order valence-corrected chi connectivity index (χ4v) is 2.02. The summed E-state index contributed by atoms with van der Waals surface area (Å²) in [5, 5.41) is 18.2. The maximum atomic E-state index is 9.26. The SMILES string of the molecule is [B][C@H]1C[C@@H](NO)[C@@](C=C=C)(CO)C1. The first kappa shape index (κ1) is 10.5. The molecule has 0 aliphatic heterocycles. The van der Waals surface area contributed by atoms with E-state index >= 15 is 0 Å². The lowest BCUT2D eigenvalue weighted by molar-refractivity contribution is 0.0548. The zero-order valence-electron chi connectivity index (χ0n) is 7.53. The summed E-state index contributed by atoms with van der Waals surface area (Å²) in [7, 11) is 5.75. The minimum Gasteiger partial charge on any atom is -0.395 e. The molecule has 0 aromatic rings. The van der Waals surface area contributed by atoms with Crippen molar-refractivity contribution in [2.24, 2.45) is 5.41 Å². The minimum atomic E-state index is -0.504. The highest BCUT2D eigenvalue weighted by molar-refractivity contribution is 6.11. The number of rotatable bonds is 3. The largest absolute Gasteiger partial charge is 0.395 e. The van der Waals surface area contributed by atoms with Crippen LogP contribution in [0, 0.1) is 5.41 Å². The summed E-state index contributed by atoms with van der Waals surface area (Å²) in [6.45, 7) is 3.41. The van der Waals surface area contributed by atoms with Gasteiger partial charge in [-0.25, -0.2) is 5.48 Å². The van der Waals surface area contributed by atoms with Gasteiger partial charge < -0.3 is 10.3 Å². The summed E-state index contributed by atoms with van der Waals surface area (Å²) in [4.78, 5) is 0. The molecule has 0 aromatic heterocycles. The van der Waals surface area contributed by atoms with E-state index in [1.54, 1.807) is 6.08 Å². The van der Waals surface area contributed by atoms with Crippen molar-refractivity contribution < 1.29 is 10.3 Å². The summed E-state index contributed by atoms with van der Waals surface area (Å²) >= 11 is 0. The van der Waals surface area contributed by atoms with Gasteiger partial charge in [-0.15, -0.1) is 5.73 Å². The Morgan fingerprint density at radius 1 is 1.77 bits per heavy atom. The van der Waals surface area contributed by atoms with Gasteiger partial charge in [0, 0.05) is 11.5 Å². The van der Waals surface area contributed by atoms with Crippen LogP contribution in [0.15, 0.2) is 18.4 Å². The number of nitrogens with one attached hydrogen (secondary N) is 1. The Kier molecular flexibility index (Phi) is 3.34. The van der Waals surface area contributed by atoms with Gasteiger partial charge in [-0.05, 0) is 18.9 Å². The van der Waals surface area contributed by atoms with E-state index in [2.05, 4.69) is 17.8 Å². The third kappa shape index (κ3) is 1.87. The first-order valence-electron chi connectivity index (χ1n) is 4.31. The number of hydrogen-bond donors (Lipinski definition) is 3. The molecule has 0 spiro atoms. The summed E-state index contributed by atoms with van der Waals surface area (Å²) in [5.41, 5.74) is 4.32. The quantitative estimate of drug-likeness (QED) is 0.334. The zero-order valence-corrected chi connectivity index (χ0v) is 7.53. The normalized spacial score (nSPS) is 38.6. The molecule has 13 heavy (non-hydrogen) atoms. The Bertz CT molecular complexity index is 228. The fourth-order valence-electron chi connectivity index (χ4n) is 2.02. The van der Waals surface area contributed by atoms with Crippen LogP contribution in [0.5, 0.6) is 0 Å². The van der Waals surface area contributed by atoms with Gasteiger partial charge in [0.25, 0.3) is 0 Å². The maximum Gasteiger partial charge on any atom is 0.0700 e. The van der Waals surface area contributed by atoms with Gasteiger partial charge in [0.1, 0.15) is 0 Å². The molecule has 70 valence electrons. The van der Waals surface area contributed by atoms with Gasteiger partial charge >= 0.3 is 0 Å². The molecule has 4 heteroatoms. The van der Waals surface area contributed by atoms with Crippen LogP contribution in [0.2, 0.25) is 5.82 Å². The second kappa shape index (κ2) is 4.12. The molecule has 0 unspecified atom stereocenters. The second-order valence-corrected chi connectivity index (χ2v) is 3.62. The van der Waals surface area contributed by atoms with Crippen molar-refractivity contribution in [1.29, 1.82) is 0 Å². The molecule has 1 rings (SSSR count). The summed E-state index contributed by atoms with van der Waals surface area (Å²) in [5.74, 6) is 0.00130. The standard InChI is InChI=1S/C9H14BNO2/c1-2-3-9(6-12)5-7(10)4-8(9)11-13/h3,7-8,11-13H,1,4-6H2/t7-,8+,9+/m0/s1. The number of hydroxylamine groups is 1. The number of aliphatic hydroxyl groups is 1. The predicted molar refractivity (Wildman–Crippen MR) is 50.7 cm³/mol. The van der Waals surface area contributed by atoms with Gasteiger partial charge in [-0.1, -0.05) is 12.4 Å². The van der Waals surface area contributed by atoms with Crippen molar-refractivity contribution in [3.8, 4) is 0 Å². The smallest absolute Gasteiger partial charge is 0.0700 e. The van der Waals surface area contributed by atoms with E-state index in [4.69, 9.17) is 13.1 Å². The zero-order chi connectivity index (χ0) is 9.90. The average molecular weight is 179 g/mol. The molecule has 2 radical (unpaired) electrons. The van der Waals surface area contributed by atoms with Gasteiger partial charge in [0.15, 0.2) is 0 Å². The average Bonchev–Trinajstić information content (AvgIpc) is 2.43. The van der Waals surface area contributed by atoms with Crippen LogP contribution in [0.1, 0.15) is 12.8 Å². The highest BCUT2D eigenvalue weighted by atomic mass is 16.5. The molecular weight excluding hydrogens is 165 g/mol. The molecule has 0 heterocycles. The molecule has 3 nitrogen and oxygen atoms in total. The molecule has 0 saturated heterocycles. The Morgan fingerprint density at radius 3 is 2.92 bits per heavy atom. The van der Waals surface area contributed by atoms with Crippen LogP contribution < -0.4 is 5.48 Å². The fraction of sp³-hybridized carbons (Fsp3) is 0.667. The Balaban J connectivity index is 2.89. The van der Waals surface area contributed by atoms with Crippen LogP contribution in [0.3, 0.4) is 0 Å². The van der Waals surface area contributed by atoms with E-state index in [-0.39, 0.29) is 18.5 Å². The van der Waals surface area contributed by atoms with Crippen LogP contribution in [-0.2, 0) is 0 Å². The molecule has 3 N–H and O–H groups in total. The van der Waals surface area contributed by atoms with Crippen molar-refractivity contribution in [2.45, 2.75) is 24.7 Å². The Hall–Kier alpha value is -0.535. The maximum absolute atomic E-state index is 9.26. The molecule has 1 aliphatic carbocycles. The van der Waals surface area contributed by atoms with E-state index in [0.717, 1.165) is 0 Å². The molecule has 0 bridgehead atoms. The van der Waals surface area contributed by atoms with Crippen LogP contribution >= 0.6 is 0 Å². The van der Waals surface area contributed by atoms with Gasteiger partial charge in [-0.2, -0.15) is 0 Å². The lowest BCUT2D eigenvalue weighted by Crippen LogP contribution is -2.40. The van der Waals surface area contributed by atoms with Crippen LogP contribution in [0.25, 0.3) is 0 Å². The lowest BCUT2D eigenvalue weighted by atomic mass is 9.79. The highest BCUT2D eigenvalue weighted by Gasteiger charge is 2.43. The Morgan fingerprint density at radius 2 is 2.46 bits per heavy atom. The van der Waals surface area contributed by atoms with E-state index in [9.17, 15) is 5.11 Å². The molecular formula is C9H14BNO2. The van der Waals surface area contributed by atoms with Crippen molar-refractivity contribution in [3.63, 3.8) is 0 Å². The third-order valence-corrected chi connectivity index (χ3v) is 2.71. The summed E-state index contributed by atoms with van der Waals surface area (Å²) in [6, 6.07) is -0.207. The van der Waals surface area contributed by atoms with Gasteiger partial charge in [-0.3, -0.25) is 0 Å². The van der Waals surface area contributed by atoms with Crippen LogP contribution in [-0.4, -0.2) is 30.8 Å². The second-order valence-electron chi connectivity index (χ2n) is 3.62. The van der Waals surface area contributed by atoms with Crippen molar-refractivity contribution in [1.82, 2.24) is 5.48 Å². The van der Waals surface area contributed by atoms with Gasteiger partial charge in [0.2, 0.25) is 0 Å². The monoisotopic (exact) mass is 179 g/mol. The molecule has 0 aromatic carbocycles. The first-order chi connectivity index (χ1) is 6.18. The number of aliphatic hydroxyl groups excluding tert-OH is 1. The molecule has 1 aliphatic rings. The molecule has 3 atom stereocenters.